The van der Waals surface area contributed by atoms with E-state index in [2.05, 4.69) is 47.8 Å². The van der Waals surface area contributed by atoms with Crippen LogP contribution in [0.15, 0.2) is 138 Å². The van der Waals surface area contributed by atoms with Crippen molar-refractivity contribution < 1.29 is 18.7 Å². The molecule has 0 atom stereocenters. The molecule has 5 heteroatoms. The second-order valence-corrected chi connectivity index (χ2v) is 9.68. The van der Waals surface area contributed by atoms with E-state index in [1.54, 1.807) is 36.4 Å². The van der Waals surface area contributed by atoms with Gasteiger partial charge in [0.15, 0.2) is 0 Å². The molecular weight excluding hydrogens is 510 g/mol. The molecule has 1 N–H and O–H groups in total. The standard InChI is InChI=1S/C36H27NO4/c38-34(40-30-11-5-2-6-12-30)24-37-36(39)29-21-17-27(18-22-29)26-15-19-28(20-16-26)35-31-13-7-8-14-32(31)41-33(35)23-25-9-3-1-4-10-25/h1-22H,23-24H2,(H,37,39). The second kappa shape index (κ2) is 11.8. The van der Waals surface area contributed by atoms with Gasteiger partial charge in [-0.2, -0.15) is 0 Å². The first-order valence-electron chi connectivity index (χ1n) is 13.4. The minimum atomic E-state index is -0.529. The number of esters is 1. The zero-order valence-corrected chi connectivity index (χ0v) is 22.2. The third kappa shape index (κ3) is 5.94. The van der Waals surface area contributed by atoms with Crippen molar-refractivity contribution >= 4 is 22.8 Å². The summed E-state index contributed by atoms with van der Waals surface area (Å²) < 4.78 is 11.5. The molecule has 200 valence electrons. The van der Waals surface area contributed by atoms with Crippen molar-refractivity contribution in [3.8, 4) is 28.0 Å². The van der Waals surface area contributed by atoms with Gasteiger partial charge in [0.2, 0.25) is 0 Å². The van der Waals surface area contributed by atoms with Gasteiger partial charge in [0.05, 0.1) is 0 Å². The number of ether oxygens (including phenoxy) is 1. The monoisotopic (exact) mass is 537 g/mol. The van der Waals surface area contributed by atoms with E-state index in [9.17, 15) is 9.59 Å². The predicted molar refractivity (Wildman–Crippen MR) is 161 cm³/mol. The lowest BCUT2D eigenvalue weighted by atomic mass is 9.96. The molecule has 0 radical (unpaired) electrons. The molecular formula is C36H27NO4. The first-order valence-corrected chi connectivity index (χ1v) is 13.4. The Morgan fingerprint density at radius 1 is 0.634 bits per heavy atom. The van der Waals surface area contributed by atoms with Crippen LogP contribution in [-0.2, 0) is 11.2 Å². The quantitative estimate of drug-likeness (QED) is 0.160. The molecule has 0 saturated heterocycles. The summed E-state index contributed by atoms with van der Waals surface area (Å²) in [6.07, 6.45) is 0.708. The fourth-order valence-corrected chi connectivity index (χ4v) is 4.87. The Hall–Kier alpha value is -5.42. The summed E-state index contributed by atoms with van der Waals surface area (Å²) >= 11 is 0. The van der Waals surface area contributed by atoms with Crippen molar-refractivity contribution in [1.29, 1.82) is 0 Å². The Balaban J connectivity index is 1.16. The maximum Gasteiger partial charge on any atom is 0.330 e. The summed E-state index contributed by atoms with van der Waals surface area (Å²) in [6, 6.07) is 42.9. The van der Waals surface area contributed by atoms with E-state index >= 15 is 0 Å². The number of amides is 1. The smallest absolute Gasteiger partial charge is 0.330 e. The number of benzene rings is 5. The topological polar surface area (TPSA) is 68.5 Å². The normalized spacial score (nSPS) is 10.8. The molecule has 0 saturated carbocycles. The van der Waals surface area contributed by atoms with Crippen LogP contribution >= 0.6 is 0 Å². The van der Waals surface area contributed by atoms with Crippen LogP contribution < -0.4 is 10.1 Å². The Morgan fingerprint density at radius 2 is 1.22 bits per heavy atom. The van der Waals surface area contributed by atoms with Crippen molar-refractivity contribution in [3.05, 3.63) is 150 Å². The summed E-state index contributed by atoms with van der Waals surface area (Å²) in [5, 5.41) is 3.71. The second-order valence-electron chi connectivity index (χ2n) is 9.68. The molecule has 0 aliphatic rings. The van der Waals surface area contributed by atoms with Gasteiger partial charge in [-0.3, -0.25) is 4.79 Å². The molecule has 1 aromatic heterocycles. The van der Waals surface area contributed by atoms with Gasteiger partial charge in [-0.05, 0) is 52.6 Å². The molecule has 0 aliphatic heterocycles. The Labute approximate surface area is 238 Å². The van der Waals surface area contributed by atoms with Crippen molar-refractivity contribution in [1.82, 2.24) is 5.32 Å². The fourth-order valence-electron chi connectivity index (χ4n) is 4.87. The first kappa shape index (κ1) is 25.8. The van der Waals surface area contributed by atoms with Gasteiger partial charge in [0.1, 0.15) is 23.6 Å². The number of carbonyl (C=O) groups excluding carboxylic acids is 2. The minimum absolute atomic E-state index is 0.216. The minimum Gasteiger partial charge on any atom is -0.460 e. The SMILES string of the molecule is O=C(CNC(=O)c1ccc(-c2ccc(-c3c(Cc4ccccc4)oc4ccccc34)cc2)cc1)Oc1ccccc1. The van der Waals surface area contributed by atoms with Crippen LogP contribution in [0.1, 0.15) is 21.7 Å². The number of para-hydroxylation sites is 2. The molecule has 0 fully saturated rings. The van der Waals surface area contributed by atoms with Crippen molar-refractivity contribution in [3.63, 3.8) is 0 Å². The van der Waals surface area contributed by atoms with Crippen molar-refractivity contribution in [2.24, 2.45) is 0 Å². The van der Waals surface area contributed by atoms with Gasteiger partial charge in [0, 0.05) is 22.9 Å². The molecule has 6 rings (SSSR count). The largest absolute Gasteiger partial charge is 0.460 e. The maximum absolute atomic E-state index is 12.6. The van der Waals surface area contributed by atoms with E-state index in [0.29, 0.717) is 17.7 Å². The number of nitrogens with one attached hydrogen (secondary N) is 1. The van der Waals surface area contributed by atoms with E-state index in [4.69, 9.17) is 9.15 Å². The van der Waals surface area contributed by atoms with E-state index in [-0.39, 0.29) is 12.5 Å². The molecule has 0 aliphatic carbocycles. The van der Waals surface area contributed by atoms with E-state index in [1.165, 1.54) is 5.56 Å². The highest BCUT2D eigenvalue weighted by Gasteiger charge is 2.17. The number of fused-ring (bicyclic) bond motifs is 1. The summed E-state index contributed by atoms with van der Waals surface area (Å²) in [7, 11) is 0. The summed E-state index contributed by atoms with van der Waals surface area (Å²) in [5.74, 6) is 0.511. The average Bonchev–Trinajstić information content (AvgIpc) is 3.39. The molecule has 6 aromatic rings. The summed E-state index contributed by atoms with van der Waals surface area (Å²) in [5.41, 5.74) is 6.74. The van der Waals surface area contributed by atoms with Gasteiger partial charge in [-0.25, -0.2) is 4.79 Å². The van der Waals surface area contributed by atoms with Gasteiger partial charge >= 0.3 is 5.97 Å². The van der Waals surface area contributed by atoms with E-state index < -0.39 is 5.97 Å². The lowest BCUT2D eigenvalue weighted by molar-refractivity contribution is -0.133. The Morgan fingerprint density at radius 3 is 1.93 bits per heavy atom. The third-order valence-corrected chi connectivity index (χ3v) is 6.90. The highest BCUT2D eigenvalue weighted by atomic mass is 16.5. The summed E-state index contributed by atoms with van der Waals surface area (Å²) in [4.78, 5) is 24.6. The average molecular weight is 538 g/mol. The molecule has 5 nitrogen and oxygen atoms in total. The first-order chi connectivity index (χ1) is 20.1. The molecule has 1 amide bonds. The van der Waals surface area contributed by atoms with Crippen LogP contribution in [0.5, 0.6) is 5.75 Å². The lowest BCUT2D eigenvalue weighted by Crippen LogP contribution is -2.31. The maximum atomic E-state index is 12.6. The highest BCUT2D eigenvalue weighted by molar-refractivity contribution is 5.97. The van der Waals surface area contributed by atoms with Crippen molar-refractivity contribution in [2.45, 2.75) is 6.42 Å². The third-order valence-electron chi connectivity index (χ3n) is 6.90. The zero-order chi connectivity index (χ0) is 28.0. The number of rotatable bonds is 8. The highest BCUT2D eigenvalue weighted by Crippen LogP contribution is 2.37. The van der Waals surface area contributed by atoms with Crippen LogP contribution in [0.3, 0.4) is 0 Å². The fraction of sp³-hybridized carbons (Fsp3) is 0.0556. The van der Waals surface area contributed by atoms with Gasteiger partial charge in [-0.1, -0.05) is 103 Å². The lowest BCUT2D eigenvalue weighted by Gasteiger charge is -2.08. The number of furan rings is 1. The van der Waals surface area contributed by atoms with E-state index in [0.717, 1.165) is 39.0 Å². The number of carbonyl (C=O) groups is 2. The zero-order valence-electron chi connectivity index (χ0n) is 22.2. The van der Waals surface area contributed by atoms with Gasteiger partial charge in [0.25, 0.3) is 5.91 Å². The molecule has 5 aromatic carbocycles. The van der Waals surface area contributed by atoms with Crippen LogP contribution in [0.25, 0.3) is 33.2 Å². The predicted octanol–water partition coefficient (Wildman–Crippen LogP) is 7.69. The molecule has 0 unspecified atom stereocenters. The van der Waals surface area contributed by atoms with Crippen molar-refractivity contribution in [2.75, 3.05) is 6.54 Å². The van der Waals surface area contributed by atoms with Gasteiger partial charge in [-0.15, -0.1) is 0 Å². The van der Waals surface area contributed by atoms with Crippen LogP contribution in [-0.4, -0.2) is 18.4 Å². The molecule has 41 heavy (non-hydrogen) atoms. The molecule has 0 spiro atoms. The van der Waals surface area contributed by atoms with Crippen LogP contribution in [0.4, 0.5) is 0 Å². The summed E-state index contributed by atoms with van der Waals surface area (Å²) in [6.45, 7) is -0.216. The van der Waals surface area contributed by atoms with Crippen LogP contribution in [0.2, 0.25) is 0 Å². The molecule has 0 bridgehead atoms. The molecule has 1 heterocycles. The van der Waals surface area contributed by atoms with Crippen LogP contribution in [0, 0.1) is 0 Å². The number of hydrogen-bond donors (Lipinski definition) is 1. The number of hydrogen-bond acceptors (Lipinski definition) is 4. The van der Waals surface area contributed by atoms with Gasteiger partial charge < -0.3 is 14.5 Å². The van der Waals surface area contributed by atoms with E-state index in [1.807, 2.05) is 54.6 Å². The Kier molecular flexibility index (Phi) is 7.41. The Bertz CT molecular complexity index is 1790.